The van der Waals surface area contributed by atoms with E-state index in [0.717, 1.165) is 24.1 Å². The van der Waals surface area contributed by atoms with Crippen LogP contribution in [0, 0.1) is 17.8 Å². The molecule has 2 aliphatic carbocycles. The number of fused-ring (bicyclic) bond motifs is 2. The summed E-state index contributed by atoms with van der Waals surface area (Å²) in [5.74, 6) is 2.62. The first-order chi connectivity index (χ1) is 14.6. The summed E-state index contributed by atoms with van der Waals surface area (Å²) in [7, 11) is 0. The Kier molecular flexibility index (Phi) is 6.41. The van der Waals surface area contributed by atoms with Gasteiger partial charge in [-0.3, -0.25) is 9.69 Å². The van der Waals surface area contributed by atoms with Gasteiger partial charge in [-0.25, -0.2) is 4.98 Å². The van der Waals surface area contributed by atoms with Crippen LogP contribution in [0.15, 0.2) is 12.3 Å². The van der Waals surface area contributed by atoms with Crippen molar-refractivity contribution in [1.82, 2.24) is 15.2 Å². The third-order valence-corrected chi connectivity index (χ3v) is 7.77. The number of nitrogens with one attached hydrogen (secondary N) is 1. The normalized spacial score (nSPS) is 28.6. The Bertz CT molecular complexity index is 812. The average Bonchev–Trinajstić information content (AvgIpc) is 3.36. The number of pyridine rings is 1. The van der Waals surface area contributed by atoms with Crippen LogP contribution in [0.5, 0.6) is 0 Å². The molecule has 3 fully saturated rings. The van der Waals surface area contributed by atoms with E-state index < -0.39 is 11.7 Å². The number of nitrogens with zero attached hydrogens (tertiary/aromatic N) is 3. The number of piperazine rings is 1. The highest BCUT2D eigenvalue weighted by molar-refractivity contribution is 6.33. The highest BCUT2D eigenvalue weighted by Gasteiger charge is 2.42. The Morgan fingerprint density at radius 2 is 1.90 bits per heavy atom. The molecule has 0 aromatic carbocycles. The first-order valence-corrected chi connectivity index (χ1v) is 11.5. The molecule has 5 nitrogen and oxygen atoms in total. The molecule has 5 atom stereocenters. The molecule has 5 unspecified atom stereocenters. The lowest BCUT2D eigenvalue weighted by Gasteiger charge is -2.39. The van der Waals surface area contributed by atoms with Crippen LogP contribution in [-0.4, -0.2) is 54.1 Å². The number of carbonyl (C=O) groups excluding carboxylic acids is 1. The summed E-state index contributed by atoms with van der Waals surface area (Å²) in [6.07, 6.45) is 1.56. The maximum Gasteiger partial charge on any atom is 0.417 e. The van der Waals surface area contributed by atoms with Crippen LogP contribution in [0.1, 0.15) is 45.1 Å². The molecule has 1 aromatic heterocycles. The van der Waals surface area contributed by atoms with Crippen LogP contribution in [-0.2, 0) is 11.0 Å². The number of aromatic nitrogens is 1. The van der Waals surface area contributed by atoms with Gasteiger partial charge in [0.25, 0.3) is 0 Å². The molecule has 3 aliphatic rings. The fourth-order valence-electron chi connectivity index (χ4n) is 5.66. The van der Waals surface area contributed by atoms with Gasteiger partial charge in [0.05, 0.1) is 16.6 Å². The van der Waals surface area contributed by atoms with Gasteiger partial charge in [0.15, 0.2) is 0 Å². The zero-order valence-corrected chi connectivity index (χ0v) is 18.7. The molecule has 4 rings (SSSR count). The lowest BCUT2D eigenvalue weighted by atomic mass is 9.84. The van der Waals surface area contributed by atoms with Crippen LogP contribution < -0.4 is 10.2 Å². The predicted molar refractivity (Wildman–Crippen MR) is 114 cm³/mol. The molecule has 1 N–H and O–H groups in total. The third kappa shape index (κ3) is 4.80. The van der Waals surface area contributed by atoms with Crippen molar-refractivity contribution in [2.75, 3.05) is 31.1 Å². The van der Waals surface area contributed by atoms with Crippen molar-refractivity contribution < 1.29 is 18.0 Å². The molecule has 1 aliphatic heterocycles. The van der Waals surface area contributed by atoms with E-state index >= 15 is 0 Å². The second-order valence-corrected chi connectivity index (χ2v) is 9.77. The number of hydrogen-bond acceptors (Lipinski definition) is 4. The van der Waals surface area contributed by atoms with Crippen molar-refractivity contribution in [3.8, 4) is 0 Å². The molecule has 9 heteroatoms. The lowest BCUT2D eigenvalue weighted by molar-refractivity contribution is -0.137. The summed E-state index contributed by atoms with van der Waals surface area (Å²) in [4.78, 5) is 20.8. The van der Waals surface area contributed by atoms with Crippen LogP contribution in [0.2, 0.25) is 5.02 Å². The molecule has 31 heavy (non-hydrogen) atoms. The SMILES string of the molecule is CC(NC(=O)C(C)N1CCN(c2ncc(C(F)(F)F)cc2Cl)CC1)C1CC2CCC1C2. The monoisotopic (exact) mass is 458 g/mol. The standard InChI is InChI=1S/C22H30ClF3N4O/c1-13(18-10-15-3-4-16(18)9-15)28-21(31)14(2)29-5-7-30(8-6-29)20-19(23)11-17(12-27-20)22(24,25)26/h11-16,18H,3-10H2,1-2H3,(H,28,31). The largest absolute Gasteiger partial charge is 0.417 e. The predicted octanol–water partition coefficient (Wildman–Crippen LogP) is 4.21. The summed E-state index contributed by atoms with van der Waals surface area (Å²) in [5.41, 5.74) is -0.852. The van der Waals surface area contributed by atoms with E-state index in [1.807, 2.05) is 11.8 Å². The van der Waals surface area contributed by atoms with Crippen molar-refractivity contribution in [3.05, 3.63) is 22.8 Å². The maximum absolute atomic E-state index is 12.8. The molecular weight excluding hydrogens is 429 g/mol. The van der Waals surface area contributed by atoms with Crippen molar-refractivity contribution in [1.29, 1.82) is 0 Å². The van der Waals surface area contributed by atoms with E-state index in [-0.39, 0.29) is 23.0 Å². The van der Waals surface area contributed by atoms with E-state index in [0.29, 0.717) is 37.9 Å². The van der Waals surface area contributed by atoms with Crippen LogP contribution in [0.3, 0.4) is 0 Å². The minimum absolute atomic E-state index is 0.00578. The highest BCUT2D eigenvalue weighted by atomic mass is 35.5. The fraction of sp³-hybridized carbons (Fsp3) is 0.727. The summed E-state index contributed by atoms with van der Waals surface area (Å²) >= 11 is 6.08. The van der Waals surface area contributed by atoms with E-state index in [1.165, 1.54) is 25.7 Å². The summed E-state index contributed by atoms with van der Waals surface area (Å²) < 4.78 is 38.5. The van der Waals surface area contributed by atoms with E-state index in [1.54, 1.807) is 0 Å². The molecule has 2 bridgehead atoms. The fourth-order valence-corrected chi connectivity index (χ4v) is 5.95. The van der Waals surface area contributed by atoms with Gasteiger partial charge in [-0.2, -0.15) is 13.2 Å². The highest BCUT2D eigenvalue weighted by Crippen LogP contribution is 2.49. The summed E-state index contributed by atoms with van der Waals surface area (Å²) in [5, 5.41) is 3.24. The molecule has 1 aromatic rings. The zero-order chi connectivity index (χ0) is 22.3. The number of anilines is 1. The van der Waals surface area contributed by atoms with Gasteiger partial charge in [0.2, 0.25) is 5.91 Å². The Morgan fingerprint density at radius 1 is 1.19 bits per heavy atom. The minimum atomic E-state index is -4.47. The molecule has 0 radical (unpaired) electrons. The maximum atomic E-state index is 12.8. The molecule has 1 saturated heterocycles. The minimum Gasteiger partial charge on any atom is -0.353 e. The van der Waals surface area contributed by atoms with E-state index in [2.05, 4.69) is 22.1 Å². The second kappa shape index (κ2) is 8.77. The Labute approximate surface area is 186 Å². The number of hydrogen-bond donors (Lipinski definition) is 1. The second-order valence-electron chi connectivity index (χ2n) is 9.36. The Hall–Kier alpha value is -1.54. The molecule has 2 saturated carbocycles. The van der Waals surface area contributed by atoms with E-state index in [4.69, 9.17) is 11.6 Å². The summed E-state index contributed by atoms with van der Waals surface area (Å²) in [6.45, 7) is 6.40. The topological polar surface area (TPSA) is 48.5 Å². The zero-order valence-electron chi connectivity index (χ0n) is 18.0. The molecule has 172 valence electrons. The number of halogens is 4. The van der Waals surface area contributed by atoms with Crippen LogP contribution in [0.25, 0.3) is 0 Å². The Balaban J connectivity index is 1.29. The molecule has 0 spiro atoms. The number of carbonyl (C=O) groups is 1. The quantitative estimate of drug-likeness (QED) is 0.718. The van der Waals surface area contributed by atoms with Crippen molar-refractivity contribution in [2.24, 2.45) is 17.8 Å². The van der Waals surface area contributed by atoms with Crippen molar-refractivity contribution in [2.45, 2.75) is 57.8 Å². The first kappa shape index (κ1) is 22.6. The number of alkyl halides is 3. The molecule has 2 heterocycles. The van der Waals surface area contributed by atoms with Gasteiger partial charge >= 0.3 is 6.18 Å². The molecular formula is C22H30ClF3N4O. The third-order valence-electron chi connectivity index (χ3n) is 7.49. The first-order valence-electron chi connectivity index (χ1n) is 11.2. The van der Waals surface area contributed by atoms with E-state index in [9.17, 15) is 18.0 Å². The molecule has 1 amide bonds. The number of amides is 1. The van der Waals surface area contributed by atoms with Gasteiger partial charge in [-0.1, -0.05) is 18.0 Å². The summed E-state index contributed by atoms with van der Waals surface area (Å²) in [6, 6.07) is 0.865. The van der Waals surface area contributed by atoms with Crippen LogP contribution >= 0.6 is 11.6 Å². The average molecular weight is 459 g/mol. The smallest absolute Gasteiger partial charge is 0.353 e. The Morgan fingerprint density at radius 3 is 2.45 bits per heavy atom. The van der Waals surface area contributed by atoms with Gasteiger partial charge < -0.3 is 10.2 Å². The van der Waals surface area contributed by atoms with Gasteiger partial charge in [-0.15, -0.1) is 0 Å². The lowest BCUT2D eigenvalue weighted by Crippen LogP contribution is -2.55. The van der Waals surface area contributed by atoms with Gasteiger partial charge in [0.1, 0.15) is 5.82 Å². The number of rotatable bonds is 5. The van der Waals surface area contributed by atoms with Gasteiger partial charge in [0, 0.05) is 38.4 Å². The van der Waals surface area contributed by atoms with Crippen molar-refractivity contribution in [3.63, 3.8) is 0 Å². The van der Waals surface area contributed by atoms with Gasteiger partial charge in [-0.05, 0) is 56.9 Å². The van der Waals surface area contributed by atoms with Crippen LogP contribution in [0.4, 0.5) is 19.0 Å². The van der Waals surface area contributed by atoms with Crippen molar-refractivity contribution >= 4 is 23.3 Å².